The van der Waals surface area contributed by atoms with Crippen molar-refractivity contribution in [3.63, 3.8) is 0 Å². The predicted octanol–water partition coefficient (Wildman–Crippen LogP) is 4.73. The highest BCUT2D eigenvalue weighted by molar-refractivity contribution is 5.69. The Labute approximate surface area is 234 Å². The Balaban J connectivity index is 0.00000118. The van der Waals surface area contributed by atoms with Gasteiger partial charge in [-0.1, -0.05) is 0 Å². The molecule has 2 amide bonds. The van der Waals surface area contributed by atoms with E-state index >= 15 is 0 Å². The molecule has 0 unspecified atom stereocenters. The lowest BCUT2D eigenvalue weighted by Gasteiger charge is -2.30. The van der Waals surface area contributed by atoms with Gasteiger partial charge in [-0.15, -0.1) is 0 Å². The number of nitrogens with two attached hydrogens (primary N) is 1. The van der Waals surface area contributed by atoms with Gasteiger partial charge in [-0.2, -0.15) is 0 Å². The van der Waals surface area contributed by atoms with Crippen molar-refractivity contribution in [1.29, 1.82) is 0 Å². The Kier molecular flexibility index (Phi) is 9.44. The fourth-order valence-corrected chi connectivity index (χ4v) is 5.23. The van der Waals surface area contributed by atoms with Crippen LogP contribution in [0.5, 0.6) is 0 Å². The number of carbonyl (C=O) groups excluding carboxylic acids is 2. The van der Waals surface area contributed by atoms with E-state index in [-0.39, 0.29) is 24.4 Å². The molecule has 0 bridgehead atoms. The van der Waals surface area contributed by atoms with Crippen molar-refractivity contribution in [2.24, 2.45) is 11.7 Å². The summed E-state index contributed by atoms with van der Waals surface area (Å²) in [5.74, 6) is 0.787. The first-order valence-corrected chi connectivity index (χ1v) is 13.9. The minimum atomic E-state index is -0.484. The van der Waals surface area contributed by atoms with Crippen LogP contribution in [0.1, 0.15) is 59.3 Å². The van der Waals surface area contributed by atoms with Gasteiger partial charge in [0.2, 0.25) is 12.2 Å². The standard InChI is InChI=1S/C28H37FN6O2.CH3NO/c1-28(2,3)37-27(36)32-20-8-6-19(7-9-20)15-30-21-16-31-26-33-25(18-35(26)17-21)23-14-22(10-11-24(23)29)34-12-4-5-13-34;2-1-3/h10-11,14,16-20,30H,4-9,12-13,15H2,1-3H3,(H,32,36);1H,(H2,2,3). The van der Waals surface area contributed by atoms with E-state index in [2.05, 4.69) is 31.2 Å². The summed E-state index contributed by atoms with van der Waals surface area (Å²) >= 11 is 0. The van der Waals surface area contributed by atoms with Crippen molar-refractivity contribution in [1.82, 2.24) is 19.7 Å². The number of carbonyl (C=O) groups is 2. The van der Waals surface area contributed by atoms with E-state index in [1.54, 1.807) is 6.20 Å². The smallest absolute Gasteiger partial charge is 0.407 e. The molecule has 1 aromatic carbocycles. The number of amides is 2. The Bertz CT molecular complexity index is 1290. The number of anilines is 2. The first kappa shape index (κ1) is 29.1. The lowest BCUT2D eigenvalue weighted by atomic mass is 9.86. The predicted molar refractivity (Wildman–Crippen MR) is 154 cm³/mol. The Morgan fingerprint density at radius 2 is 1.88 bits per heavy atom. The maximum atomic E-state index is 14.7. The van der Waals surface area contributed by atoms with Crippen LogP contribution in [0.15, 0.2) is 36.8 Å². The van der Waals surface area contributed by atoms with Gasteiger partial charge in [-0.3, -0.25) is 9.20 Å². The zero-order valence-corrected chi connectivity index (χ0v) is 23.5. The first-order chi connectivity index (χ1) is 19.1. The van der Waals surface area contributed by atoms with E-state index in [0.29, 0.717) is 23.0 Å². The van der Waals surface area contributed by atoms with Gasteiger partial charge in [0.05, 0.1) is 17.6 Å². The number of halogens is 1. The summed E-state index contributed by atoms with van der Waals surface area (Å²) in [6.45, 7) is 8.47. The van der Waals surface area contributed by atoms with Gasteiger partial charge in [0.1, 0.15) is 11.4 Å². The molecule has 4 N–H and O–H groups in total. The molecule has 0 spiro atoms. The topological polar surface area (TPSA) is 127 Å². The summed E-state index contributed by atoms with van der Waals surface area (Å²) in [7, 11) is 0. The van der Waals surface area contributed by atoms with Crippen LogP contribution in [-0.2, 0) is 9.53 Å². The zero-order valence-electron chi connectivity index (χ0n) is 23.5. The molecule has 3 heterocycles. The summed E-state index contributed by atoms with van der Waals surface area (Å²) < 4.78 is 21.9. The minimum Gasteiger partial charge on any atom is -0.444 e. The van der Waals surface area contributed by atoms with Crippen molar-refractivity contribution in [3.8, 4) is 11.3 Å². The minimum absolute atomic E-state index is 0.165. The molecule has 2 aromatic heterocycles. The molecule has 3 aromatic rings. The van der Waals surface area contributed by atoms with Crippen LogP contribution >= 0.6 is 0 Å². The third kappa shape index (κ3) is 7.83. The lowest BCUT2D eigenvalue weighted by molar-refractivity contribution is -0.106. The largest absolute Gasteiger partial charge is 0.444 e. The molecule has 2 aliphatic rings. The van der Waals surface area contributed by atoms with Gasteiger partial charge >= 0.3 is 6.09 Å². The molecule has 11 heteroatoms. The second-order valence-corrected chi connectivity index (χ2v) is 11.4. The molecule has 1 aliphatic heterocycles. The molecular formula is C29H40FN7O3. The number of benzene rings is 1. The van der Waals surface area contributed by atoms with Crippen molar-refractivity contribution >= 4 is 29.7 Å². The highest BCUT2D eigenvalue weighted by atomic mass is 19.1. The molecule has 216 valence electrons. The number of hydrogen-bond donors (Lipinski definition) is 3. The molecule has 0 atom stereocenters. The van der Waals surface area contributed by atoms with Gasteiger partial charge < -0.3 is 26.0 Å². The maximum absolute atomic E-state index is 14.7. The van der Waals surface area contributed by atoms with Gasteiger partial charge in [0.25, 0.3) is 0 Å². The Morgan fingerprint density at radius 3 is 2.55 bits per heavy atom. The van der Waals surface area contributed by atoms with E-state index in [1.165, 1.54) is 18.9 Å². The van der Waals surface area contributed by atoms with E-state index in [0.717, 1.165) is 56.7 Å². The second-order valence-electron chi connectivity index (χ2n) is 11.4. The molecule has 2 fully saturated rings. The number of rotatable bonds is 6. The number of nitrogens with zero attached hydrogens (tertiary/aromatic N) is 4. The molecule has 1 saturated heterocycles. The number of hydrogen-bond acceptors (Lipinski definition) is 7. The van der Waals surface area contributed by atoms with Crippen LogP contribution in [0.25, 0.3) is 17.0 Å². The summed E-state index contributed by atoms with van der Waals surface area (Å²) in [5.41, 5.74) is 6.71. The normalized spacial score (nSPS) is 19.1. The summed E-state index contributed by atoms with van der Waals surface area (Å²) in [6, 6.07) is 5.44. The summed E-state index contributed by atoms with van der Waals surface area (Å²) in [4.78, 5) is 32.0. The van der Waals surface area contributed by atoms with Crippen LogP contribution in [0.3, 0.4) is 0 Å². The quantitative estimate of drug-likeness (QED) is 0.377. The van der Waals surface area contributed by atoms with Gasteiger partial charge in [0.15, 0.2) is 0 Å². The molecule has 40 heavy (non-hydrogen) atoms. The van der Waals surface area contributed by atoms with Gasteiger partial charge in [0, 0.05) is 49.3 Å². The van der Waals surface area contributed by atoms with Gasteiger partial charge in [-0.05, 0) is 83.4 Å². The number of ether oxygens (including phenoxy) is 1. The number of alkyl carbamates (subject to hydrolysis) is 1. The fraction of sp³-hybridized carbons (Fsp3) is 0.517. The average Bonchev–Trinajstić information content (AvgIpc) is 3.58. The molecule has 0 radical (unpaired) electrons. The van der Waals surface area contributed by atoms with Crippen molar-refractivity contribution in [2.75, 3.05) is 29.9 Å². The Hall–Kier alpha value is -3.89. The van der Waals surface area contributed by atoms with Crippen molar-refractivity contribution in [3.05, 3.63) is 42.6 Å². The van der Waals surface area contributed by atoms with Crippen LogP contribution in [0, 0.1) is 11.7 Å². The maximum Gasteiger partial charge on any atom is 0.407 e. The first-order valence-electron chi connectivity index (χ1n) is 13.9. The Morgan fingerprint density at radius 1 is 1.18 bits per heavy atom. The van der Waals surface area contributed by atoms with E-state index in [9.17, 15) is 9.18 Å². The van der Waals surface area contributed by atoms with Crippen molar-refractivity contribution in [2.45, 2.75) is 70.9 Å². The number of aromatic nitrogens is 3. The van der Waals surface area contributed by atoms with Crippen LogP contribution in [0.2, 0.25) is 0 Å². The van der Waals surface area contributed by atoms with E-state index < -0.39 is 5.60 Å². The van der Waals surface area contributed by atoms with E-state index in [1.807, 2.05) is 49.7 Å². The third-order valence-electron chi connectivity index (χ3n) is 7.17. The molecule has 5 rings (SSSR count). The highest BCUT2D eigenvalue weighted by Gasteiger charge is 2.25. The molecule has 1 aliphatic carbocycles. The number of nitrogens with one attached hydrogen (secondary N) is 2. The molecule has 10 nitrogen and oxygen atoms in total. The lowest BCUT2D eigenvalue weighted by Crippen LogP contribution is -2.41. The molecular weight excluding hydrogens is 513 g/mol. The highest BCUT2D eigenvalue weighted by Crippen LogP contribution is 2.30. The van der Waals surface area contributed by atoms with E-state index in [4.69, 9.17) is 9.53 Å². The fourth-order valence-electron chi connectivity index (χ4n) is 5.23. The summed E-state index contributed by atoms with van der Waals surface area (Å²) in [6.07, 6.45) is 11.8. The number of primary amides is 1. The number of fused-ring (bicyclic) bond motifs is 1. The SMILES string of the molecule is CC(C)(C)OC(=O)NC1CCC(CNc2cnc3nc(-c4cc(N5CCCC5)ccc4F)cn3c2)CC1.NC=O. The second kappa shape index (κ2) is 13.0. The number of imidazole rings is 1. The van der Waals surface area contributed by atoms with Crippen LogP contribution in [0.4, 0.5) is 20.6 Å². The van der Waals surface area contributed by atoms with Crippen LogP contribution in [-0.4, -0.2) is 58.1 Å². The van der Waals surface area contributed by atoms with Crippen LogP contribution < -0.4 is 21.3 Å². The summed E-state index contributed by atoms with van der Waals surface area (Å²) in [5, 5.41) is 6.49. The third-order valence-corrected chi connectivity index (χ3v) is 7.17. The van der Waals surface area contributed by atoms with Crippen molar-refractivity contribution < 1.29 is 18.7 Å². The molecule has 1 saturated carbocycles. The monoisotopic (exact) mass is 553 g/mol. The average molecular weight is 554 g/mol. The zero-order chi connectivity index (χ0) is 28.7. The van der Waals surface area contributed by atoms with Gasteiger partial charge in [-0.25, -0.2) is 19.2 Å².